The number of aromatic nitrogens is 1. The van der Waals surface area contributed by atoms with Crippen molar-refractivity contribution in [2.75, 3.05) is 0 Å². The summed E-state index contributed by atoms with van der Waals surface area (Å²) in [7, 11) is 0. The number of nitrogens with zero attached hydrogens (tertiary/aromatic N) is 1. The topological polar surface area (TPSA) is 84.6 Å². The highest BCUT2D eigenvalue weighted by Gasteiger charge is 2.36. The zero-order chi connectivity index (χ0) is 20.6. The standard InChI is InChI=1S/C23H26N2O4/c1-14(15-10-12-17(13-11-15)29-23(2,3)22(26)27)24-20(16-8-9-16)21-25-18-6-4-5-7-19(18)28-21/h4-7,10-14,16,20,24H,8-9H2,1-3H3,(H,26,27). The molecular weight excluding hydrogens is 368 g/mol. The van der Waals surface area contributed by atoms with Gasteiger partial charge >= 0.3 is 5.97 Å². The smallest absolute Gasteiger partial charge is 0.347 e. The zero-order valence-electron chi connectivity index (χ0n) is 16.9. The summed E-state index contributed by atoms with van der Waals surface area (Å²) in [5.74, 6) is 0.807. The van der Waals surface area contributed by atoms with Crippen molar-refractivity contribution in [2.24, 2.45) is 5.92 Å². The van der Waals surface area contributed by atoms with Gasteiger partial charge in [0.05, 0.1) is 6.04 Å². The van der Waals surface area contributed by atoms with Crippen molar-refractivity contribution >= 4 is 17.1 Å². The largest absolute Gasteiger partial charge is 0.478 e. The van der Waals surface area contributed by atoms with Gasteiger partial charge in [0.25, 0.3) is 0 Å². The Labute approximate surface area is 169 Å². The van der Waals surface area contributed by atoms with Crippen LogP contribution in [0.4, 0.5) is 0 Å². The van der Waals surface area contributed by atoms with Crippen LogP contribution in [-0.2, 0) is 4.79 Å². The van der Waals surface area contributed by atoms with E-state index in [1.165, 1.54) is 26.7 Å². The number of carbonyl (C=O) groups is 1. The average Bonchev–Trinajstić information content (AvgIpc) is 3.43. The molecule has 0 saturated heterocycles. The monoisotopic (exact) mass is 394 g/mol. The van der Waals surface area contributed by atoms with Crippen molar-refractivity contribution in [1.29, 1.82) is 0 Å². The Morgan fingerprint density at radius 1 is 1.21 bits per heavy atom. The molecule has 4 rings (SSSR count). The molecule has 1 heterocycles. The van der Waals surface area contributed by atoms with Crippen molar-refractivity contribution in [1.82, 2.24) is 10.3 Å². The van der Waals surface area contributed by atoms with E-state index in [0.29, 0.717) is 11.7 Å². The zero-order valence-corrected chi connectivity index (χ0v) is 16.9. The first-order chi connectivity index (χ1) is 13.8. The summed E-state index contributed by atoms with van der Waals surface area (Å²) < 4.78 is 11.6. The van der Waals surface area contributed by atoms with Gasteiger partial charge in [-0.3, -0.25) is 5.32 Å². The fraction of sp³-hybridized carbons (Fsp3) is 0.391. The minimum Gasteiger partial charge on any atom is -0.478 e. The maximum absolute atomic E-state index is 11.2. The number of ether oxygens (including phenoxy) is 1. The van der Waals surface area contributed by atoms with Crippen molar-refractivity contribution in [3.63, 3.8) is 0 Å². The molecule has 2 N–H and O–H groups in total. The molecule has 2 aromatic carbocycles. The Bertz CT molecular complexity index is 972. The highest BCUT2D eigenvalue weighted by atomic mass is 16.5. The normalized spacial score (nSPS) is 16.5. The van der Waals surface area contributed by atoms with Crippen molar-refractivity contribution in [3.8, 4) is 5.75 Å². The minimum absolute atomic E-state index is 0.0688. The van der Waals surface area contributed by atoms with Gasteiger partial charge in [-0.2, -0.15) is 0 Å². The summed E-state index contributed by atoms with van der Waals surface area (Å²) in [6, 6.07) is 15.5. The fourth-order valence-corrected chi connectivity index (χ4v) is 3.39. The van der Waals surface area contributed by atoms with E-state index in [4.69, 9.17) is 9.15 Å². The lowest BCUT2D eigenvalue weighted by molar-refractivity contribution is -0.152. The van der Waals surface area contributed by atoms with Gasteiger partial charge in [-0.25, -0.2) is 9.78 Å². The molecule has 29 heavy (non-hydrogen) atoms. The van der Waals surface area contributed by atoms with Gasteiger partial charge in [-0.15, -0.1) is 0 Å². The Morgan fingerprint density at radius 2 is 1.90 bits per heavy atom. The van der Waals surface area contributed by atoms with Crippen LogP contribution >= 0.6 is 0 Å². The summed E-state index contributed by atoms with van der Waals surface area (Å²) in [6.07, 6.45) is 2.33. The average molecular weight is 394 g/mol. The van der Waals surface area contributed by atoms with Crippen LogP contribution in [0.15, 0.2) is 52.9 Å². The SMILES string of the molecule is CC(NC(c1nc2ccccc2o1)C1CC1)c1ccc(OC(C)(C)C(=O)O)cc1. The summed E-state index contributed by atoms with van der Waals surface area (Å²) >= 11 is 0. The van der Waals surface area contributed by atoms with Crippen LogP contribution in [0.2, 0.25) is 0 Å². The first kappa shape index (κ1) is 19.5. The highest BCUT2D eigenvalue weighted by molar-refractivity contribution is 5.76. The lowest BCUT2D eigenvalue weighted by Gasteiger charge is -2.23. The molecule has 2 atom stereocenters. The second-order valence-corrected chi connectivity index (χ2v) is 8.21. The fourth-order valence-electron chi connectivity index (χ4n) is 3.39. The molecule has 1 fully saturated rings. The minimum atomic E-state index is -1.27. The molecule has 0 radical (unpaired) electrons. The van der Waals surface area contributed by atoms with Crippen LogP contribution in [0, 0.1) is 5.92 Å². The first-order valence-electron chi connectivity index (χ1n) is 9.97. The molecular formula is C23H26N2O4. The lowest BCUT2D eigenvalue weighted by atomic mass is 10.1. The number of fused-ring (bicyclic) bond motifs is 1. The molecule has 0 aliphatic heterocycles. The molecule has 1 aliphatic rings. The molecule has 3 aromatic rings. The van der Waals surface area contributed by atoms with Gasteiger partial charge in [0.2, 0.25) is 5.89 Å². The Hall–Kier alpha value is -2.86. The number of aliphatic carboxylic acids is 1. The van der Waals surface area contributed by atoms with E-state index in [0.717, 1.165) is 22.6 Å². The van der Waals surface area contributed by atoms with E-state index in [1.54, 1.807) is 0 Å². The first-order valence-corrected chi connectivity index (χ1v) is 9.97. The number of carboxylic acid groups (broad SMARTS) is 1. The molecule has 0 bridgehead atoms. The van der Waals surface area contributed by atoms with Gasteiger partial charge in [-0.05, 0) is 69.4 Å². The second-order valence-electron chi connectivity index (χ2n) is 8.21. The summed E-state index contributed by atoms with van der Waals surface area (Å²) in [5, 5.41) is 12.9. The molecule has 0 amide bonds. The number of carboxylic acids is 1. The Balaban J connectivity index is 1.48. The van der Waals surface area contributed by atoms with Gasteiger partial charge in [0.1, 0.15) is 11.3 Å². The third-order valence-corrected chi connectivity index (χ3v) is 5.37. The van der Waals surface area contributed by atoms with Gasteiger partial charge in [0, 0.05) is 6.04 Å². The predicted octanol–water partition coefficient (Wildman–Crippen LogP) is 4.87. The van der Waals surface area contributed by atoms with E-state index in [-0.39, 0.29) is 12.1 Å². The molecule has 2 unspecified atom stereocenters. The van der Waals surface area contributed by atoms with Crippen LogP contribution in [0.1, 0.15) is 57.2 Å². The van der Waals surface area contributed by atoms with Crippen LogP contribution < -0.4 is 10.1 Å². The molecule has 152 valence electrons. The quantitative estimate of drug-likeness (QED) is 0.567. The van der Waals surface area contributed by atoms with E-state index in [2.05, 4.69) is 17.2 Å². The van der Waals surface area contributed by atoms with Crippen molar-refractivity contribution in [2.45, 2.75) is 51.3 Å². The number of para-hydroxylation sites is 2. The summed E-state index contributed by atoms with van der Waals surface area (Å²) in [6.45, 7) is 5.18. The molecule has 6 heteroatoms. The van der Waals surface area contributed by atoms with Gasteiger partial charge in [0.15, 0.2) is 11.2 Å². The summed E-state index contributed by atoms with van der Waals surface area (Å²) in [5.41, 5.74) is 1.51. The summed E-state index contributed by atoms with van der Waals surface area (Å²) in [4.78, 5) is 15.9. The number of nitrogens with one attached hydrogen (secondary N) is 1. The van der Waals surface area contributed by atoms with E-state index < -0.39 is 11.6 Å². The van der Waals surface area contributed by atoms with Crippen LogP contribution in [-0.4, -0.2) is 21.7 Å². The third-order valence-electron chi connectivity index (χ3n) is 5.37. The van der Waals surface area contributed by atoms with E-state index in [9.17, 15) is 9.90 Å². The number of hydrogen-bond donors (Lipinski definition) is 2. The molecule has 1 saturated carbocycles. The van der Waals surface area contributed by atoms with Crippen LogP contribution in [0.25, 0.3) is 11.1 Å². The Morgan fingerprint density at radius 3 is 2.52 bits per heavy atom. The van der Waals surface area contributed by atoms with Crippen molar-refractivity contribution in [3.05, 3.63) is 60.0 Å². The number of benzene rings is 2. The lowest BCUT2D eigenvalue weighted by Crippen LogP contribution is -2.37. The van der Waals surface area contributed by atoms with Crippen LogP contribution in [0.5, 0.6) is 5.75 Å². The molecule has 1 aromatic heterocycles. The number of oxazole rings is 1. The van der Waals surface area contributed by atoms with Gasteiger partial charge < -0.3 is 14.3 Å². The van der Waals surface area contributed by atoms with Gasteiger partial charge in [-0.1, -0.05) is 24.3 Å². The van der Waals surface area contributed by atoms with Crippen molar-refractivity contribution < 1.29 is 19.1 Å². The number of hydrogen-bond acceptors (Lipinski definition) is 5. The second kappa shape index (κ2) is 7.52. The Kier molecular flexibility index (Phi) is 5.04. The number of rotatable bonds is 8. The third kappa shape index (κ3) is 4.27. The molecule has 1 aliphatic carbocycles. The predicted molar refractivity (Wildman–Crippen MR) is 110 cm³/mol. The highest BCUT2D eigenvalue weighted by Crippen LogP contribution is 2.42. The van der Waals surface area contributed by atoms with E-state index in [1.807, 2.05) is 48.5 Å². The van der Waals surface area contributed by atoms with E-state index >= 15 is 0 Å². The maximum atomic E-state index is 11.2. The molecule has 6 nitrogen and oxygen atoms in total. The maximum Gasteiger partial charge on any atom is 0.347 e. The molecule has 0 spiro atoms. The van der Waals surface area contributed by atoms with Crippen LogP contribution in [0.3, 0.4) is 0 Å².